The SMILES string of the molecule is CCOC(=O)CN(CC)C(=O)CF. The van der Waals surface area contributed by atoms with Gasteiger partial charge in [0.15, 0.2) is 6.67 Å². The second-order valence-corrected chi connectivity index (χ2v) is 2.35. The molecule has 76 valence electrons. The Kier molecular flexibility index (Phi) is 5.84. The van der Waals surface area contributed by atoms with Gasteiger partial charge in [0.05, 0.1) is 6.61 Å². The van der Waals surface area contributed by atoms with Crippen LogP contribution in [-0.4, -0.2) is 43.1 Å². The van der Waals surface area contributed by atoms with Crippen LogP contribution in [-0.2, 0) is 14.3 Å². The van der Waals surface area contributed by atoms with E-state index < -0.39 is 18.6 Å². The number of alkyl halides is 1. The second kappa shape index (κ2) is 6.39. The first kappa shape index (κ1) is 11.9. The van der Waals surface area contributed by atoms with Crippen LogP contribution >= 0.6 is 0 Å². The number of carbonyl (C=O) groups excluding carboxylic acids is 2. The molecule has 0 aliphatic heterocycles. The van der Waals surface area contributed by atoms with Gasteiger partial charge in [-0.3, -0.25) is 9.59 Å². The quantitative estimate of drug-likeness (QED) is 0.590. The van der Waals surface area contributed by atoms with Crippen molar-refractivity contribution < 1.29 is 18.7 Å². The number of amides is 1. The van der Waals surface area contributed by atoms with E-state index in [4.69, 9.17) is 0 Å². The molecule has 0 rings (SSSR count). The van der Waals surface area contributed by atoms with Crippen molar-refractivity contribution in [2.45, 2.75) is 13.8 Å². The Morgan fingerprint density at radius 2 is 2.00 bits per heavy atom. The molecule has 0 saturated heterocycles. The van der Waals surface area contributed by atoms with Crippen molar-refractivity contribution in [3.05, 3.63) is 0 Å². The zero-order valence-electron chi connectivity index (χ0n) is 7.88. The molecule has 0 atom stereocenters. The molecule has 0 aromatic carbocycles. The lowest BCUT2D eigenvalue weighted by molar-refractivity contribution is -0.149. The smallest absolute Gasteiger partial charge is 0.325 e. The summed E-state index contributed by atoms with van der Waals surface area (Å²) < 4.78 is 16.5. The number of ether oxygens (including phenoxy) is 1. The fraction of sp³-hybridized carbons (Fsp3) is 0.750. The fourth-order valence-corrected chi connectivity index (χ4v) is 0.823. The standard InChI is InChI=1S/C8H14FNO3/c1-3-10(7(11)5-9)6-8(12)13-4-2/h3-6H2,1-2H3. The minimum absolute atomic E-state index is 0.174. The van der Waals surface area contributed by atoms with Crippen LogP contribution in [0.1, 0.15) is 13.8 Å². The Morgan fingerprint density at radius 3 is 2.38 bits per heavy atom. The van der Waals surface area contributed by atoms with Gasteiger partial charge in [0, 0.05) is 6.54 Å². The highest BCUT2D eigenvalue weighted by atomic mass is 19.1. The summed E-state index contributed by atoms with van der Waals surface area (Å²) in [6, 6.07) is 0. The summed E-state index contributed by atoms with van der Waals surface area (Å²) in [7, 11) is 0. The van der Waals surface area contributed by atoms with Crippen molar-refractivity contribution in [2.24, 2.45) is 0 Å². The molecule has 0 aliphatic rings. The summed E-state index contributed by atoms with van der Waals surface area (Å²) in [4.78, 5) is 22.8. The summed E-state index contributed by atoms with van der Waals surface area (Å²) in [5.41, 5.74) is 0. The molecule has 5 heteroatoms. The Hall–Kier alpha value is -1.13. The number of rotatable bonds is 5. The van der Waals surface area contributed by atoms with Crippen LogP contribution in [0.5, 0.6) is 0 Å². The van der Waals surface area contributed by atoms with Crippen LogP contribution in [0, 0.1) is 0 Å². The van der Waals surface area contributed by atoms with Gasteiger partial charge in [-0.15, -0.1) is 0 Å². The maximum absolute atomic E-state index is 11.9. The van der Waals surface area contributed by atoms with Crippen LogP contribution in [0.4, 0.5) is 4.39 Å². The maximum Gasteiger partial charge on any atom is 0.325 e. The summed E-state index contributed by atoms with van der Waals surface area (Å²) in [6.07, 6.45) is 0. The maximum atomic E-state index is 11.9. The molecule has 0 aliphatic carbocycles. The van der Waals surface area contributed by atoms with Gasteiger partial charge in [-0.1, -0.05) is 0 Å². The van der Waals surface area contributed by atoms with Gasteiger partial charge in [-0.05, 0) is 13.8 Å². The monoisotopic (exact) mass is 191 g/mol. The van der Waals surface area contributed by atoms with Gasteiger partial charge in [0.2, 0.25) is 0 Å². The largest absolute Gasteiger partial charge is 0.465 e. The minimum atomic E-state index is -1.08. The van der Waals surface area contributed by atoms with Crippen LogP contribution in [0.3, 0.4) is 0 Å². The van der Waals surface area contributed by atoms with Gasteiger partial charge < -0.3 is 9.64 Å². The van der Waals surface area contributed by atoms with E-state index >= 15 is 0 Å². The Morgan fingerprint density at radius 1 is 1.38 bits per heavy atom. The molecular weight excluding hydrogens is 177 g/mol. The lowest BCUT2D eigenvalue weighted by Crippen LogP contribution is -2.37. The fourth-order valence-electron chi connectivity index (χ4n) is 0.823. The van der Waals surface area contributed by atoms with Gasteiger partial charge in [0.1, 0.15) is 6.54 Å². The molecule has 4 nitrogen and oxygen atoms in total. The van der Waals surface area contributed by atoms with E-state index in [1.165, 1.54) is 0 Å². The topological polar surface area (TPSA) is 46.6 Å². The average Bonchev–Trinajstić information content (AvgIpc) is 2.13. The van der Waals surface area contributed by atoms with Crippen LogP contribution in [0.15, 0.2) is 0 Å². The molecule has 0 aromatic rings. The van der Waals surface area contributed by atoms with E-state index in [0.29, 0.717) is 6.54 Å². The molecule has 0 spiro atoms. The van der Waals surface area contributed by atoms with Crippen LogP contribution in [0.2, 0.25) is 0 Å². The molecule has 0 bridgehead atoms. The molecular formula is C8H14FNO3. The van der Waals surface area contributed by atoms with E-state index in [9.17, 15) is 14.0 Å². The second-order valence-electron chi connectivity index (χ2n) is 2.35. The first-order chi connectivity index (χ1) is 6.15. The lowest BCUT2D eigenvalue weighted by atomic mass is 10.4. The Balaban J connectivity index is 3.97. The van der Waals surface area contributed by atoms with Crippen molar-refractivity contribution in [1.29, 1.82) is 0 Å². The van der Waals surface area contributed by atoms with Gasteiger partial charge in [-0.25, -0.2) is 4.39 Å². The first-order valence-corrected chi connectivity index (χ1v) is 4.15. The zero-order chi connectivity index (χ0) is 10.3. The number of esters is 1. The number of hydrogen-bond acceptors (Lipinski definition) is 3. The molecule has 0 fully saturated rings. The molecule has 0 aromatic heterocycles. The Labute approximate surface area is 76.7 Å². The third-order valence-electron chi connectivity index (χ3n) is 1.47. The number of nitrogens with zero attached hydrogens (tertiary/aromatic N) is 1. The van der Waals surface area contributed by atoms with Crippen molar-refractivity contribution in [2.75, 3.05) is 26.4 Å². The van der Waals surface area contributed by atoms with Crippen molar-refractivity contribution in [3.8, 4) is 0 Å². The number of likely N-dealkylation sites (N-methyl/N-ethyl adjacent to an activating group) is 1. The van der Waals surface area contributed by atoms with E-state index in [1.54, 1.807) is 13.8 Å². The van der Waals surface area contributed by atoms with E-state index in [2.05, 4.69) is 4.74 Å². The van der Waals surface area contributed by atoms with Crippen molar-refractivity contribution >= 4 is 11.9 Å². The van der Waals surface area contributed by atoms with E-state index in [1.807, 2.05) is 0 Å². The molecule has 0 saturated carbocycles. The van der Waals surface area contributed by atoms with Crippen molar-refractivity contribution in [1.82, 2.24) is 4.90 Å². The van der Waals surface area contributed by atoms with Crippen LogP contribution < -0.4 is 0 Å². The van der Waals surface area contributed by atoms with Crippen molar-refractivity contribution in [3.63, 3.8) is 0 Å². The molecule has 1 amide bonds. The van der Waals surface area contributed by atoms with Gasteiger partial charge in [0.25, 0.3) is 5.91 Å². The average molecular weight is 191 g/mol. The first-order valence-electron chi connectivity index (χ1n) is 4.15. The van der Waals surface area contributed by atoms with E-state index in [-0.39, 0.29) is 13.2 Å². The van der Waals surface area contributed by atoms with Gasteiger partial charge in [-0.2, -0.15) is 0 Å². The third kappa shape index (κ3) is 4.45. The molecule has 0 heterocycles. The molecule has 0 N–H and O–H groups in total. The third-order valence-corrected chi connectivity index (χ3v) is 1.47. The predicted molar refractivity (Wildman–Crippen MR) is 44.9 cm³/mol. The lowest BCUT2D eigenvalue weighted by Gasteiger charge is -2.17. The van der Waals surface area contributed by atoms with E-state index in [0.717, 1.165) is 4.90 Å². The molecule has 0 unspecified atom stereocenters. The number of halogens is 1. The molecule has 13 heavy (non-hydrogen) atoms. The highest BCUT2D eigenvalue weighted by Gasteiger charge is 2.15. The predicted octanol–water partition coefficient (Wildman–Crippen LogP) is 0.368. The minimum Gasteiger partial charge on any atom is -0.465 e. The summed E-state index contributed by atoms with van der Waals surface area (Å²) >= 11 is 0. The summed E-state index contributed by atoms with van der Waals surface area (Å²) in [5.74, 6) is -1.19. The number of hydrogen-bond donors (Lipinski definition) is 0. The molecule has 0 radical (unpaired) electrons. The summed E-state index contributed by atoms with van der Waals surface area (Å²) in [5, 5.41) is 0. The number of carbonyl (C=O) groups is 2. The highest BCUT2D eigenvalue weighted by molar-refractivity contribution is 5.82. The van der Waals surface area contributed by atoms with Gasteiger partial charge >= 0.3 is 5.97 Å². The summed E-state index contributed by atoms with van der Waals surface area (Å²) in [6.45, 7) is 2.67. The normalized spacial score (nSPS) is 9.46. The Bertz CT molecular complexity index is 184. The zero-order valence-corrected chi connectivity index (χ0v) is 7.88. The highest BCUT2D eigenvalue weighted by Crippen LogP contribution is 1.92. The van der Waals surface area contributed by atoms with Crippen LogP contribution in [0.25, 0.3) is 0 Å².